The zero-order valence-corrected chi connectivity index (χ0v) is 20.2. The molecule has 5 rings (SSSR count). The number of aromatic nitrogens is 1. The van der Waals surface area contributed by atoms with Crippen LogP contribution in [0.2, 0.25) is 0 Å². The van der Waals surface area contributed by atoms with Gasteiger partial charge in [0, 0.05) is 5.69 Å². The van der Waals surface area contributed by atoms with E-state index in [-0.39, 0.29) is 17.2 Å². The van der Waals surface area contributed by atoms with Gasteiger partial charge in [-0.1, -0.05) is 41.7 Å². The summed E-state index contributed by atoms with van der Waals surface area (Å²) in [5, 5.41) is 12.5. The second-order valence-corrected chi connectivity index (χ2v) is 9.40. The molecule has 3 heterocycles. The first-order chi connectivity index (χ1) is 16.8. The maximum Gasteiger partial charge on any atom is 0.271 e. The number of carbonyl (C=O) groups excluding carboxylic acids is 1. The molecule has 0 saturated heterocycles. The van der Waals surface area contributed by atoms with Crippen LogP contribution in [0.15, 0.2) is 86.1 Å². The second kappa shape index (κ2) is 8.88. The van der Waals surface area contributed by atoms with Gasteiger partial charge in [-0.05, 0) is 68.3 Å². The van der Waals surface area contributed by atoms with Gasteiger partial charge in [0.1, 0.15) is 23.3 Å². The van der Waals surface area contributed by atoms with E-state index in [9.17, 15) is 14.7 Å². The maximum absolute atomic E-state index is 13.6. The Morgan fingerprint density at radius 1 is 1.09 bits per heavy atom. The smallest absolute Gasteiger partial charge is 0.271 e. The summed E-state index contributed by atoms with van der Waals surface area (Å²) in [6, 6.07) is 16.9. The molecule has 0 aliphatic carbocycles. The molecule has 1 amide bonds. The Bertz CT molecular complexity index is 1660. The first-order valence-corrected chi connectivity index (χ1v) is 11.9. The number of thiazole rings is 1. The quantitative estimate of drug-likeness (QED) is 0.460. The van der Waals surface area contributed by atoms with Crippen LogP contribution in [0.4, 0.5) is 5.69 Å². The zero-order valence-electron chi connectivity index (χ0n) is 19.4. The van der Waals surface area contributed by atoms with Gasteiger partial charge < -0.3 is 14.8 Å². The number of rotatable bonds is 4. The van der Waals surface area contributed by atoms with E-state index in [4.69, 9.17) is 4.42 Å². The number of phenolic OH excluding ortho intramolecular Hbond substituents is 1. The number of aromatic hydroxyl groups is 1. The third kappa shape index (κ3) is 4.24. The highest BCUT2D eigenvalue weighted by molar-refractivity contribution is 7.07. The molecule has 1 aliphatic heterocycles. The summed E-state index contributed by atoms with van der Waals surface area (Å²) in [5.74, 6) is 0.979. The highest BCUT2D eigenvalue weighted by atomic mass is 32.1. The van der Waals surface area contributed by atoms with Crippen molar-refractivity contribution >= 4 is 29.0 Å². The van der Waals surface area contributed by atoms with Gasteiger partial charge in [-0.15, -0.1) is 0 Å². The van der Waals surface area contributed by atoms with Crippen LogP contribution in [0.5, 0.6) is 5.75 Å². The molecule has 0 unspecified atom stereocenters. The lowest BCUT2D eigenvalue weighted by Gasteiger charge is -2.23. The molecule has 0 fully saturated rings. The second-order valence-electron chi connectivity index (χ2n) is 8.39. The number of anilines is 1. The van der Waals surface area contributed by atoms with Crippen molar-refractivity contribution in [2.45, 2.75) is 26.8 Å². The van der Waals surface area contributed by atoms with Gasteiger partial charge in [-0.3, -0.25) is 14.2 Å². The van der Waals surface area contributed by atoms with Gasteiger partial charge in [0.15, 0.2) is 4.80 Å². The number of hydrogen-bond donors (Lipinski definition) is 2. The highest BCUT2D eigenvalue weighted by Gasteiger charge is 2.34. The largest absolute Gasteiger partial charge is 0.508 e. The van der Waals surface area contributed by atoms with Crippen molar-refractivity contribution in [2.75, 3.05) is 5.32 Å². The van der Waals surface area contributed by atoms with Crippen LogP contribution in [-0.2, 0) is 4.79 Å². The van der Waals surface area contributed by atoms with Gasteiger partial charge in [-0.2, -0.15) is 0 Å². The molecular formula is C27H23N3O4S. The number of furan rings is 1. The SMILES string of the molecule is CC1=C(C(=O)Nc2ccccc2C)[C@H](c2ccc(C)o2)n2c(s/c(=C/c3ccc(O)cc3)c2=O)=N1. The molecule has 2 N–H and O–H groups in total. The van der Waals surface area contributed by atoms with E-state index in [0.29, 0.717) is 37.8 Å². The molecule has 8 heteroatoms. The van der Waals surface area contributed by atoms with E-state index in [1.54, 1.807) is 43.3 Å². The lowest BCUT2D eigenvalue weighted by atomic mass is 10.00. The lowest BCUT2D eigenvalue weighted by molar-refractivity contribution is -0.113. The summed E-state index contributed by atoms with van der Waals surface area (Å²) in [7, 11) is 0. The lowest BCUT2D eigenvalue weighted by Crippen LogP contribution is -2.40. The van der Waals surface area contributed by atoms with Crippen LogP contribution in [-0.4, -0.2) is 15.6 Å². The molecule has 4 aromatic rings. The van der Waals surface area contributed by atoms with Crippen molar-refractivity contribution in [1.82, 2.24) is 4.57 Å². The van der Waals surface area contributed by atoms with Gasteiger partial charge in [0.2, 0.25) is 0 Å². The zero-order chi connectivity index (χ0) is 24.7. The van der Waals surface area contributed by atoms with Crippen molar-refractivity contribution < 1.29 is 14.3 Å². The maximum atomic E-state index is 13.6. The Kier molecular flexibility index (Phi) is 5.74. The number of nitrogens with zero attached hydrogens (tertiary/aromatic N) is 2. The minimum absolute atomic E-state index is 0.150. The van der Waals surface area contributed by atoms with Crippen LogP contribution in [0.3, 0.4) is 0 Å². The normalized spacial score (nSPS) is 15.6. The number of para-hydroxylation sites is 1. The summed E-state index contributed by atoms with van der Waals surface area (Å²) in [4.78, 5) is 32.3. The molecule has 0 radical (unpaired) electrons. The fourth-order valence-corrected chi connectivity index (χ4v) is 5.15. The molecular weight excluding hydrogens is 462 g/mol. The Labute approximate surface area is 205 Å². The number of benzene rings is 2. The Morgan fingerprint density at radius 2 is 1.83 bits per heavy atom. The summed E-state index contributed by atoms with van der Waals surface area (Å²) in [6.07, 6.45) is 1.75. The van der Waals surface area contributed by atoms with Crippen LogP contribution in [0.1, 0.15) is 35.6 Å². The topological polar surface area (TPSA) is 96.8 Å². The van der Waals surface area contributed by atoms with Crippen LogP contribution in [0, 0.1) is 13.8 Å². The summed E-state index contributed by atoms with van der Waals surface area (Å²) in [5.41, 5.74) is 2.99. The van der Waals surface area contributed by atoms with Gasteiger partial charge in [0.05, 0.1) is 15.8 Å². The van der Waals surface area contributed by atoms with Crippen LogP contribution >= 0.6 is 11.3 Å². The summed E-state index contributed by atoms with van der Waals surface area (Å²) >= 11 is 1.25. The third-order valence-corrected chi connectivity index (χ3v) is 6.86. The molecule has 35 heavy (non-hydrogen) atoms. The molecule has 176 valence electrons. The van der Waals surface area contributed by atoms with Crippen molar-refractivity contribution in [3.63, 3.8) is 0 Å². The first-order valence-electron chi connectivity index (χ1n) is 11.1. The highest BCUT2D eigenvalue weighted by Crippen LogP contribution is 2.32. The van der Waals surface area contributed by atoms with Crippen molar-refractivity contribution in [3.05, 3.63) is 114 Å². The number of amides is 1. The summed E-state index contributed by atoms with van der Waals surface area (Å²) in [6.45, 7) is 5.51. The minimum atomic E-state index is -0.758. The molecule has 2 aromatic carbocycles. The van der Waals surface area contributed by atoms with Gasteiger partial charge in [-0.25, -0.2) is 4.99 Å². The van der Waals surface area contributed by atoms with E-state index in [0.717, 1.165) is 11.1 Å². The molecule has 2 aromatic heterocycles. The van der Waals surface area contributed by atoms with E-state index >= 15 is 0 Å². The minimum Gasteiger partial charge on any atom is -0.508 e. The van der Waals surface area contributed by atoms with E-state index < -0.39 is 6.04 Å². The number of phenols is 1. The van der Waals surface area contributed by atoms with Gasteiger partial charge in [0.25, 0.3) is 11.5 Å². The van der Waals surface area contributed by atoms with E-state index in [1.807, 2.05) is 44.2 Å². The predicted molar refractivity (Wildman–Crippen MR) is 135 cm³/mol. The number of hydrogen-bond acceptors (Lipinski definition) is 6. The Balaban J connectivity index is 1.66. The van der Waals surface area contributed by atoms with Crippen molar-refractivity contribution in [1.29, 1.82) is 0 Å². The molecule has 0 bridgehead atoms. The van der Waals surface area contributed by atoms with E-state index in [1.165, 1.54) is 15.9 Å². The number of fused-ring (bicyclic) bond motifs is 1. The monoisotopic (exact) mass is 485 g/mol. The number of allylic oxidation sites excluding steroid dienone is 1. The van der Waals surface area contributed by atoms with Crippen molar-refractivity contribution in [2.24, 2.45) is 4.99 Å². The third-order valence-electron chi connectivity index (χ3n) is 5.88. The average Bonchev–Trinajstić information content (AvgIpc) is 3.39. The van der Waals surface area contributed by atoms with Crippen LogP contribution < -0.4 is 20.2 Å². The van der Waals surface area contributed by atoms with E-state index in [2.05, 4.69) is 10.3 Å². The van der Waals surface area contributed by atoms with Crippen LogP contribution in [0.25, 0.3) is 6.08 Å². The van der Waals surface area contributed by atoms with Gasteiger partial charge >= 0.3 is 0 Å². The number of nitrogens with one attached hydrogen (secondary N) is 1. The fraction of sp³-hybridized carbons (Fsp3) is 0.148. The summed E-state index contributed by atoms with van der Waals surface area (Å²) < 4.78 is 7.92. The first kappa shape index (κ1) is 22.6. The molecule has 0 saturated carbocycles. The molecule has 7 nitrogen and oxygen atoms in total. The number of carbonyl (C=O) groups is 1. The molecule has 1 aliphatic rings. The predicted octanol–water partition coefficient (Wildman–Crippen LogP) is 3.79. The Hall–Kier alpha value is -4.17. The Morgan fingerprint density at radius 3 is 2.51 bits per heavy atom. The fourth-order valence-electron chi connectivity index (χ4n) is 4.11. The molecule has 0 spiro atoms. The number of aryl methyl sites for hydroxylation is 2. The average molecular weight is 486 g/mol. The molecule has 1 atom stereocenters. The van der Waals surface area contributed by atoms with Crippen molar-refractivity contribution in [3.8, 4) is 5.75 Å². The standard InChI is InChI=1S/C27H23N3O4S/c1-15-6-4-5-7-20(15)29-25(32)23-17(3)28-27-30(24(23)21-13-8-16(2)34-21)26(33)22(35-27)14-18-9-11-19(31)12-10-18/h4-14,24,31H,1-3H3,(H,29,32)/b22-14+/t24-/m0/s1.